The fourth-order valence-corrected chi connectivity index (χ4v) is 6.70. The highest BCUT2D eigenvalue weighted by Gasteiger charge is 2.55. The third-order valence-corrected chi connectivity index (χ3v) is 9.37. The van der Waals surface area contributed by atoms with Gasteiger partial charge in [-0.2, -0.15) is 0 Å². The Bertz CT molecular complexity index is 1300. The van der Waals surface area contributed by atoms with E-state index in [4.69, 9.17) is 9.47 Å². The van der Waals surface area contributed by atoms with Gasteiger partial charge in [0.1, 0.15) is 23.1 Å². The van der Waals surface area contributed by atoms with Crippen molar-refractivity contribution in [3.8, 4) is 11.5 Å². The van der Waals surface area contributed by atoms with Crippen molar-refractivity contribution in [3.05, 3.63) is 59.7 Å². The van der Waals surface area contributed by atoms with Gasteiger partial charge in [-0.15, -0.1) is 0 Å². The second-order valence-corrected chi connectivity index (χ2v) is 12.9. The van der Waals surface area contributed by atoms with Crippen molar-refractivity contribution in [2.75, 3.05) is 32.8 Å². The maximum Gasteiger partial charge on any atom is 0.251 e. The number of benzene rings is 2. The number of piperazine rings is 1. The predicted octanol–water partition coefficient (Wildman–Crippen LogP) is 3.87. The summed E-state index contributed by atoms with van der Waals surface area (Å²) in [6.45, 7) is 9.70. The first-order valence-corrected chi connectivity index (χ1v) is 16.5. The number of likely N-dealkylation sites (tertiary alicyclic amines) is 1. The van der Waals surface area contributed by atoms with Crippen molar-refractivity contribution in [1.82, 2.24) is 20.4 Å². The van der Waals surface area contributed by atoms with E-state index >= 15 is 0 Å². The molecule has 10 heteroatoms. The van der Waals surface area contributed by atoms with Gasteiger partial charge in [0, 0.05) is 51.0 Å². The van der Waals surface area contributed by atoms with Gasteiger partial charge >= 0.3 is 0 Å². The van der Waals surface area contributed by atoms with Gasteiger partial charge in [0.15, 0.2) is 0 Å². The molecule has 0 aliphatic carbocycles. The number of rotatable bonds is 11. The van der Waals surface area contributed by atoms with Crippen LogP contribution in [-0.4, -0.2) is 89.2 Å². The molecule has 244 valence electrons. The van der Waals surface area contributed by atoms with Gasteiger partial charge in [0.2, 0.25) is 11.8 Å². The fourth-order valence-electron chi connectivity index (χ4n) is 6.70. The largest absolute Gasteiger partial charge is 0.457 e. The van der Waals surface area contributed by atoms with Crippen LogP contribution in [0.15, 0.2) is 48.5 Å². The van der Waals surface area contributed by atoms with E-state index in [1.54, 1.807) is 29.2 Å². The summed E-state index contributed by atoms with van der Waals surface area (Å²) in [5, 5.41) is 17.0. The smallest absolute Gasteiger partial charge is 0.251 e. The van der Waals surface area contributed by atoms with Gasteiger partial charge in [-0.25, -0.2) is 0 Å². The molecule has 0 bridgehead atoms. The van der Waals surface area contributed by atoms with Crippen LogP contribution >= 0.6 is 0 Å². The number of carbonyl (C=O) groups is 3. The van der Waals surface area contributed by atoms with Crippen LogP contribution < -0.4 is 15.4 Å². The summed E-state index contributed by atoms with van der Waals surface area (Å²) >= 11 is 0. The van der Waals surface area contributed by atoms with Crippen LogP contribution in [0.2, 0.25) is 0 Å². The number of nitrogens with zero attached hydrogens (tertiary/aromatic N) is 2. The molecule has 1 spiro atoms. The molecule has 45 heavy (non-hydrogen) atoms. The third kappa shape index (κ3) is 7.68. The predicted molar refractivity (Wildman–Crippen MR) is 171 cm³/mol. The van der Waals surface area contributed by atoms with Gasteiger partial charge < -0.3 is 30.1 Å². The molecule has 5 rings (SSSR count). The Morgan fingerprint density at radius 3 is 2.27 bits per heavy atom. The Kier molecular flexibility index (Phi) is 10.8. The Labute approximate surface area is 266 Å². The van der Waals surface area contributed by atoms with Gasteiger partial charge in [0.05, 0.1) is 6.10 Å². The van der Waals surface area contributed by atoms with Crippen molar-refractivity contribution in [2.24, 2.45) is 5.92 Å². The van der Waals surface area contributed by atoms with Gasteiger partial charge in [-0.1, -0.05) is 25.5 Å². The van der Waals surface area contributed by atoms with Gasteiger partial charge in [-0.3, -0.25) is 19.3 Å². The molecule has 3 heterocycles. The molecule has 3 aliphatic heterocycles. The normalized spacial score (nSPS) is 21.5. The van der Waals surface area contributed by atoms with Crippen molar-refractivity contribution >= 4 is 17.7 Å². The zero-order valence-corrected chi connectivity index (χ0v) is 26.8. The number of piperidine rings is 1. The molecule has 3 amide bonds. The SMILES string of the molecule is CCCCN1C(=O)[C@@H]([C@H](O)C2CCOCC2)NC(=O)C12CCN(Cc1ccc(Oc3ccc(C(=O)NC(C)C)cc3)cc1)CC2. The summed E-state index contributed by atoms with van der Waals surface area (Å²) < 4.78 is 11.4. The minimum atomic E-state index is -0.908. The molecular weight excluding hydrogens is 572 g/mol. The lowest BCUT2D eigenvalue weighted by molar-refractivity contribution is -0.166. The Morgan fingerprint density at radius 2 is 1.67 bits per heavy atom. The van der Waals surface area contributed by atoms with Crippen LogP contribution in [0.25, 0.3) is 0 Å². The molecule has 3 N–H and O–H groups in total. The first kappa shape index (κ1) is 32.9. The molecule has 2 atom stereocenters. The molecule has 2 aromatic rings. The zero-order valence-electron chi connectivity index (χ0n) is 26.8. The average molecular weight is 621 g/mol. The molecule has 0 unspecified atom stereocenters. The average Bonchev–Trinajstić information content (AvgIpc) is 3.05. The molecule has 0 radical (unpaired) electrons. The van der Waals surface area contributed by atoms with Crippen molar-refractivity contribution < 1.29 is 29.0 Å². The molecular formula is C35H48N4O6. The van der Waals surface area contributed by atoms with E-state index in [2.05, 4.69) is 22.5 Å². The number of carbonyl (C=O) groups excluding carboxylic acids is 3. The van der Waals surface area contributed by atoms with E-state index in [0.717, 1.165) is 24.9 Å². The number of nitrogens with one attached hydrogen (secondary N) is 2. The van der Waals surface area contributed by atoms with E-state index in [1.807, 2.05) is 38.1 Å². The highest BCUT2D eigenvalue weighted by Crippen LogP contribution is 2.36. The van der Waals surface area contributed by atoms with E-state index in [9.17, 15) is 19.5 Å². The topological polar surface area (TPSA) is 120 Å². The number of hydrogen-bond acceptors (Lipinski definition) is 7. The second kappa shape index (κ2) is 14.7. The molecule has 3 saturated heterocycles. The summed E-state index contributed by atoms with van der Waals surface area (Å²) in [5.74, 6) is 0.904. The number of ether oxygens (including phenoxy) is 2. The van der Waals surface area contributed by atoms with Crippen LogP contribution in [0, 0.1) is 5.92 Å². The van der Waals surface area contributed by atoms with Crippen molar-refractivity contribution in [2.45, 2.75) is 89.6 Å². The Balaban J connectivity index is 1.17. The Morgan fingerprint density at radius 1 is 1.04 bits per heavy atom. The molecule has 0 aromatic heterocycles. The van der Waals surface area contributed by atoms with Crippen LogP contribution in [0.3, 0.4) is 0 Å². The maximum atomic E-state index is 13.8. The summed E-state index contributed by atoms with van der Waals surface area (Å²) in [6, 6.07) is 14.2. The van der Waals surface area contributed by atoms with E-state index in [0.29, 0.717) is 75.6 Å². The lowest BCUT2D eigenvalue weighted by Crippen LogP contribution is -2.75. The number of hydrogen-bond donors (Lipinski definition) is 3. The first-order chi connectivity index (χ1) is 21.7. The number of aliphatic hydroxyl groups excluding tert-OH is 1. The van der Waals surface area contributed by atoms with Gasteiger partial charge in [0.25, 0.3) is 5.91 Å². The monoisotopic (exact) mass is 620 g/mol. The third-order valence-electron chi connectivity index (χ3n) is 9.37. The zero-order chi connectivity index (χ0) is 32.0. The van der Waals surface area contributed by atoms with Gasteiger partial charge in [-0.05, 0) is 93.8 Å². The summed E-state index contributed by atoms with van der Waals surface area (Å²) in [6.07, 6.45) is 3.32. The fraction of sp³-hybridized carbons (Fsp3) is 0.571. The minimum absolute atomic E-state index is 0.0583. The molecule has 10 nitrogen and oxygen atoms in total. The lowest BCUT2D eigenvalue weighted by atomic mass is 9.79. The lowest BCUT2D eigenvalue weighted by Gasteiger charge is -2.52. The van der Waals surface area contributed by atoms with Crippen molar-refractivity contribution in [3.63, 3.8) is 0 Å². The highest BCUT2D eigenvalue weighted by atomic mass is 16.5. The molecule has 3 aliphatic rings. The summed E-state index contributed by atoms with van der Waals surface area (Å²) in [4.78, 5) is 43.9. The highest BCUT2D eigenvalue weighted by molar-refractivity contribution is 6.00. The molecule has 0 saturated carbocycles. The maximum absolute atomic E-state index is 13.8. The summed E-state index contributed by atoms with van der Waals surface area (Å²) in [5.41, 5.74) is 0.841. The minimum Gasteiger partial charge on any atom is -0.457 e. The quantitative estimate of drug-likeness (QED) is 0.349. The standard InChI is InChI=1S/C35H48N4O6/c1-4-5-18-39-33(42)30(31(40)26-14-21-44-22-15-26)37-34(43)35(39)16-19-38(20-17-35)23-25-6-10-28(11-7-25)45-29-12-8-27(9-13-29)32(41)36-24(2)3/h6-13,24,26,30-31,40H,4-5,14-23H2,1-3H3,(H,36,41)(H,37,43)/t30-,31-/m1/s1. The van der Waals surface area contributed by atoms with Crippen LogP contribution in [0.5, 0.6) is 11.5 Å². The van der Waals surface area contributed by atoms with Crippen LogP contribution in [0.4, 0.5) is 0 Å². The number of amides is 3. The number of unbranched alkanes of at least 4 members (excludes halogenated alkanes) is 1. The van der Waals surface area contributed by atoms with E-state index in [-0.39, 0.29) is 29.7 Å². The number of aliphatic hydroxyl groups is 1. The summed E-state index contributed by atoms with van der Waals surface area (Å²) in [7, 11) is 0. The Hall–Kier alpha value is -3.47. The van der Waals surface area contributed by atoms with Crippen LogP contribution in [-0.2, 0) is 20.9 Å². The van der Waals surface area contributed by atoms with Crippen molar-refractivity contribution in [1.29, 1.82) is 0 Å². The van der Waals surface area contributed by atoms with Crippen LogP contribution in [0.1, 0.15) is 75.2 Å². The van der Waals surface area contributed by atoms with E-state index in [1.165, 1.54) is 0 Å². The molecule has 3 fully saturated rings. The molecule has 2 aromatic carbocycles. The second-order valence-electron chi connectivity index (χ2n) is 12.9. The first-order valence-electron chi connectivity index (χ1n) is 16.5. The van der Waals surface area contributed by atoms with E-state index < -0.39 is 17.7 Å².